The van der Waals surface area contributed by atoms with Crippen molar-refractivity contribution in [2.24, 2.45) is 16.5 Å². The van der Waals surface area contributed by atoms with Crippen molar-refractivity contribution in [1.29, 1.82) is 0 Å². The van der Waals surface area contributed by atoms with Crippen LogP contribution in [0.2, 0.25) is 0 Å². The molecule has 21 heavy (non-hydrogen) atoms. The van der Waals surface area contributed by atoms with E-state index in [0.29, 0.717) is 12.2 Å². The van der Waals surface area contributed by atoms with E-state index in [-0.39, 0.29) is 18.3 Å². The average Bonchev–Trinajstić information content (AvgIpc) is 2.40. The maximum absolute atomic E-state index is 13.7. The highest BCUT2D eigenvalue weighted by Gasteiger charge is 2.03. The van der Waals surface area contributed by atoms with Crippen LogP contribution in [0.4, 0.5) is 10.1 Å². The van der Waals surface area contributed by atoms with Crippen LogP contribution in [0.15, 0.2) is 35.1 Å². The first-order valence-electron chi connectivity index (χ1n) is 6.16. The molecule has 114 valence electrons. The van der Waals surface area contributed by atoms with Gasteiger partial charge in [0.15, 0.2) is 0 Å². The van der Waals surface area contributed by atoms with E-state index in [2.05, 4.69) is 4.99 Å². The van der Waals surface area contributed by atoms with Crippen molar-refractivity contribution in [1.82, 2.24) is 0 Å². The summed E-state index contributed by atoms with van der Waals surface area (Å²) in [5.74, 6) is -1.12. The molecular formula is C13H17FN4O3. The van der Waals surface area contributed by atoms with Gasteiger partial charge in [-0.05, 0) is 29.5 Å². The van der Waals surface area contributed by atoms with Crippen molar-refractivity contribution in [3.8, 4) is 0 Å². The van der Waals surface area contributed by atoms with E-state index in [1.807, 2.05) is 6.92 Å². The van der Waals surface area contributed by atoms with Gasteiger partial charge >= 0.3 is 5.82 Å². The molecule has 7 nitrogen and oxygen atoms in total. The summed E-state index contributed by atoms with van der Waals surface area (Å²) in [5.41, 5.74) is 11.3. The van der Waals surface area contributed by atoms with Crippen molar-refractivity contribution in [3.05, 3.63) is 51.6 Å². The number of nitrogens with zero attached hydrogens (tertiary/aromatic N) is 2. The van der Waals surface area contributed by atoms with Crippen LogP contribution < -0.4 is 11.5 Å². The molecule has 1 rings (SSSR count). The Morgan fingerprint density at radius 2 is 2.33 bits per heavy atom. The van der Waals surface area contributed by atoms with Crippen LogP contribution in [0.3, 0.4) is 0 Å². The van der Waals surface area contributed by atoms with Crippen LogP contribution in [0.1, 0.15) is 12.5 Å². The van der Waals surface area contributed by atoms with E-state index in [1.54, 1.807) is 6.07 Å². The van der Waals surface area contributed by atoms with Gasteiger partial charge in [0.1, 0.15) is 5.82 Å². The zero-order chi connectivity index (χ0) is 15.8. The molecule has 0 aromatic heterocycles. The number of benzene rings is 1. The number of halogens is 1. The zero-order valence-corrected chi connectivity index (χ0v) is 11.5. The van der Waals surface area contributed by atoms with E-state index in [4.69, 9.17) is 16.2 Å². The number of hydrogen-bond donors (Lipinski definition) is 2. The molecule has 0 spiro atoms. The molecule has 0 aliphatic carbocycles. The minimum atomic E-state index is -0.763. The fourth-order valence-electron chi connectivity index (χ4n) is 1.36. The first-order valence-corrected chi connectivity index (χ1v) is 6.16. The lowest BCUT2D eigenvalue weighted by Gasteiger charge is -2.07. The predicted octanol–water partition coefficient (Wildman–Crippen LogP) is 1.47. The van der Waals surface area contributed by atoms with Crippen molar-refractivity contribution in [2.75, 3.05) is 6.61 Å². The summed E-state index contributed by atoms with van der Waals surface area (Å²) >= 11 is 0. The van der Waals surface area contributed by atoms with Crippen molar-refractivity contribution >= 4 is 11.9 Å². The minimum Gasteiger partial charge on any atom is -0.375 e. The number of ether oxygens (including phenoxy) is 1. The van der Waals surface area contributed by atoms with Crippen LogP contribution in [0.25, 0.3) is 0 Å². The van der Waals surface area contributed by atoms with Crippen LogP contribution >= 0.6 is 0 Å². The fraction of sp³-hybridized carbons (Fsp3) is 0.308. The normalized spacial score (nSPS) is 13.6. The lowest BCUT2D eigenvalue weighted by atomic mass is 10.2. The van der Waals surface area contributed by atoms with Gasteiger partial charge in [0.2, 0.25) is 0 Å². The largest absolute Gasteiger partial charge is 0.375 e. The predicted molar refractivity (Wildman–Crippen MR) is 77.1 cm³/mol. The van der Waals surface area contributed by atoms with Crippen LogP contribution in [0, 0.1) is 15.9 Å². The lowest BCUT2D eigenvalue weighted by Crippen LogP contribution is -2.21. The Bertz CT molecular complexity index is 558. The topological polar surface area (TPSA) is 117 Å². The van der Waals surface area contributed by atoms with Crippen LogP contribution in [-0.4, -0.2) is 23.8 Å². The first-order chi connectivity index (χ1) is 9.90. The average molecular weight is 296 g/mol. The second-order valence-corrected chi connectivity index (χ2v) is 4.40. The fourth-order valence-corrected chi connectivity index (χ4v) is 1.36. The monoisotopic (exact) mass is 296 g/mol. The van der Waals surface area contributed by atoms with E-state index in [0.717, 1.165) is 12.3 Å². The number of nitrogens with two attached hydrogens (primary N) is 2. The lowest BCUT2D eigenvalue weighted by molar-refractivity contribution is -0.426. The minimum absolute atomic E-state index is 0.0540. The molecule has 1 aromatic carbocycles. The van der Waals surface area contributed by atoms with Gasteiger partial charge in [-0.1, -0.05) is 6.07 Å². The molecule has 1 aromatic rings. The van der Waals surface area contributed by atoms with E-state index in [9.17, 15) is 14.5 Å². The van der Waals surface area contributed by atoms with Gasteiger partial charge in [-0.15, -0.1) is 0 Å². The summed E-state index contributed by atoms with van der Waals surface area (Å²) in [6.07, 6.45) is 2.06. The maximum atomic E-state index is 13.7. The van der Waals surface area contributed by atoms with Crippen LogP contribution in [-0.2, 0) is 11.3 Å². The molecule has 0 saturated heterocycles. The van der Waals surface area contributed by atoms with Gasteiger partial charge < -0.3 is 20.6 Å². The smallest absolute Gasteiger partial charge is 0.315 e. The van der Waals surface area contributed by atoms with Gasteiger partial charge in [-0.3, -0.25) is 10.7 Å². The SMILES string of the molecule is CC(N)COCc1ccc(N=C/C=C(\N)[N+](=O)[O-])c(F)c1. The number of allylic oxidation sites excluding steroid dienone is 1. The van der Waals surface area contributed by atoms with Gasteiger partial charge in [0.05, 0.1) is 18.9 Å². The molecule has 8 heteroatoms. The second kappa shape index (κ2) is 8.08. The third-order valence-corrected chi connectivity index (χ3v) is 2.33. The highest BCUT2D eigenvalue weighted by Crippen LogP contribution is 2.19. The van der Waals surface area contributed by atoms with E-state index < -0.39 is 16.6 Å². The second-order valence-electron chi connectivity index (χ2n) is 4.40. The number of rotatable bonds is 7. The summed E-state index contributed by atoms with van der Waals surface area (Å²) in [7, 11) is 0. The van der Waals surface area contributed by atoms with Crippen molar-refractivity contribution in [3.63, 3.8) is 0 Å². The molecule has 0 heterocycles. The molecule has 0 fully saturated rings. The molecule has 1 atom stereocenters. The third kappa shape index (κ3) is 6.11. The van der Waals surface area contributed by atoms with Gasteiger partial charge in [0, 0.05) is 18.3 Å². The molecule has 0 bridgehead atoms. The molecule has 0 aliphatic heterocycles. The Hall–Kier alpha value is -2.32. The zero-order valence-electron chi connectivity index (χ0n) is 11.5. The molecule has 0 amide bonds. The van der Waals surface area contributed by atoms with E-state index >= 15 is 0 Å². The number of aliphatic imine (C=N–C) groups is 1. The molecule has 4 N–H and O–H groups in total. The number of nitro groups is 1. The maximum Gasteiger partial charge on any atom is 0.315 e. The van der Waals surface area contributed by atoms with E-state index in [1.165, 1.54) is 12.1 Å². The summed E-state index contributed by atoms with van der Waals surface area (Å²) in [6.45, 7) is 2.44. The molecule has 0 aliphatic rings. The molecule has 1 unspecified atom stereocenters. The summed E-state index contributed by atoms with van der Waals surface area (Å²) in [6, 6.07) is 4.30. The first kappa shape index (κ1) is 16.7. The Labute approximate surface area is 121 Å². The van der Waals surface area contributed by atoms with Crippen molar-refractivity contribution < 1.29 is 14.1 Å². The standard InChI is InChI=1S/C13H17FN4O3/c1-9(15)7-21-8-10-2-3-12(11(14)6-10)17-5-4-13(16)18(19)20/h2-6,9H,7-8,15-16H2,1H3/b13-4+,17-5?. The van der Waals surface area contributed by atoms with Gasteiger partial charge in [0.25, 0.3) is 0 Å². The Kier molecular flexibility index (Phi) is 6.44. The highest BCUT2D eigenvalue weighted by atomic mass is 19.1. The summed E-state index contributed by atoms with van der Waals surface area (Å²) in [4.78, 5) is 13.2. The quantitative estimate of drug-likeness (QED) is 0.449. The van der Waals surface area contributed by atoms with Gasteiger partial charge in [-0.25, -0.2) is 4.39 Å². The number of hydrogen-bond acceptors (Lipinski definition) is 6. The van der Waals surface area contributed by atoms with Crippen LogP contribution in [0.5, 0.6) is 0 Å². The third-order valence-electron chi connectivity index (χ3n) is 2.33. The Morgan fingerprint density at radius 3 is 2.90 bits per heavy atom. The molecule has 0 radical (unpaired) electrons. The Morgan fingerprint density at radius 1 is 1.62 bits per heavy atom. The Balaban J connectivity index is 2.68. The van der Waals surface area contributed by atoms with Crippen molar-refractivity contribution in [2.45, 2.75) is 19.6 Å². The van der Waals surface area contributed by atoms with Gasteiger partial charge in [-0.2, -0.15) is 0 Å². The molecular weight excluding hydrogens is 279 g/mol. The highest BCUT2D eigenvalue weighted by molar-refractivity contribution is 5.74. The molecule has 0 saturated carbocycles. The summed E-state index contributed by atoms with van der Waals surface area (Å²) < 4.78 is 19.0. The summed E-state index contributed by atoms with van der Waals surface area (Å²) in [5, 5.41) is 10.3.